The van der Waals surface area contributed by atoms with Crippen LogP contribution >= 0.6 is 12.4 Å². The van der Waals surface area contributed by atoms with Gasteiger partial charge < -0.3 is 26.0 Å². The number of carbonyl (C=O) groups is 3. The molecule has 2 unspecified atom stereocenters. The number of rotatable bonds is 12. The summed E-state index contributed by atoms with van der Waals surface area (Å²) in [6.07, 6.45) is 4.88. The van der Waals surface area contributed by atoms with Gasteiger partial charge in [-0.25, -0.2) is 0 Å². The van der Waals surface area contributed by atoms with Crippen molar-refractivity contribution in [2.75, 3.05) is 26.2 Å². The zero-order valence-electron chi connectivity index (χ0n) is 23.7. The van der Waals surface area contributed by atoms with Crippen LogP contribution in [0.15, 0.2) is 42.5 Å². The Bertz CT molecular complexity index is 1140. The lowest BCUT2D eigenvalue weighted by atomic mass is 10.0. The Hall–Kier alpha value is -2.68. The van der Waals surface area contributed by atoms with E-state index in [1.807, 2.05) is 42.5 Å². The van der Waals surface area contributed by atoms with Gasteiger partial charge in [0.2, 0.25) is 17.7 Å². The third-order valence-electron chi connectivity index (χ3n) is 7.87. The molecular formula is C31H45ClN4O4. The van der Waals surface area contributed by atoms with Gasteiger partial charge in [0.1, 0.15) is 12.1 Å². The first-order chi connectivity index (χ1) is 18.8. The van der Waals surface area contributed by atoms with Crippen molar-refractivity contribution >= 4 is 40.9 Å². The van der Waals surface area contributed by atoms with E-state index in [9.17, 15) is 19.5 Å². The smallest absolute Gasteiger partial charge is 0.243 e. The Balaban J connectivity index is 0.00000441. The van der Waals surface area contributed by atoms with Crippen LogP contribution in [0.25, 0.3) is 10.8 Å². The van der Waals surface area contributed by atoms with Gasteiger partial charge in [0.15, 0.2) is 0 Å². The van der Waals surface area contributed by atoms with E-state index in [0.717, 1.165) is 55.0 Å². The number of likely N-dealkylation sites (tertiary alicyclic amines) is 1. The van der Waals surface area contributed by atoms with Crippen LogP contribution in [0.4, 0.5) is 0 Å². The van der Waals surface area contributed by atoms with E-state index in [1.54, 1.807) is 4.90 Å². The molecule has 4 N–H and O–H groups in total. The molecule has 2 aliphatic rings. The minimum atomic E-state index is -0.821. The zero-order chi connectivity index (χ0) is 27.8. The first-order valence-corrected chi connectivity index (χ1v) is 14.6. The molecule has 1 aliphatic carbocycles. The highest BCUT2D eigenvalue weighted by molar-refractivity contribution is 5.93. The van der Waals surface area contributed by atoms with Crippen LogP contribution in [0.5, 0.6) is 0 Å². The summed E-state index contributed by atoms with van der Waals surface area (Å²) < 4.78 is 0. The van der Waals surface area contributed by atoms with Crippen LogP contribution in [0, 0.1) is 11.8 Å². The predicted molar refractivity (Wildman–Crippen MR) is 160 cm³/mol. The van der Waals surface area contributed by atoms with Crippen molar-refractivity contribution in [3.63, 3.8) is 0 Å². The number of hydrogen-bond acceptors (Lipinski definition) is 5. The first kappa shape index (κ1) is 31.8. The fourth-order valence-corrected chi connectivity index (χ4v) is 5.74. The molecular weight excluding hydrogens is 528 g/mol. The number of halogens is 1. The molecule has 0 radical (unpaired) electrons. The lowest BCUT2D eigenvalue weighted by molar-refractivity contribution is -0.142. The van der Waals surface area contributed by atoms with Gasteiger partial charge in [-0.1, -0.05) is 69.2 Å². The van der Waals surface area contributed by atoms with E-state index >= 15 is 0 Å². The maximum Gasteiger partial charge on any atom is 0.243 e. The molecule has 0 aromatic heterocycles. The van der Waals surface area contributed by atoms with Crippen molar-refractivity contribution in [3.8, 4) is 0 Å². The second-order valence-corrected chi connectivity index (χ2v) is 11.6. The van der Waals surface area contributed by atoms with Crippen molar-refractivity contribution in [2.45, 2.75) is 77.0 Å². The first-order valence-electron chi connectivity index (χ1n) is 14.6. The van der Waals surface area contributed by atoms with E-state index < -0.39 is 18.2 Å². The summed E-state index contributed by atoms with van der Waals surface area (Å²) in [7, 11) is 0. The summed E-state index contributed by atoms with van der Waals surface area (Å²) in [4.78, 5) is 41.7. The molecule has 1 aliphatic heterocycles. The molecule has 1 heterocycles. The Labute approximate surface area is 244 Å². The van der Waals surface area contributed by atoms with Crippen LogP contribution in [-0.2, 0) is 20.8 Å². The predicted octanol–water partition coefficient (Wildman–Crippen LogP) is 3.19. The van der Waals surface area contributed by atoms with Crippen LogP contribution in [0.1, 0.15) is 57.9 Å². The molecule has 0 bridgehead atoms. The molecule has 1 saturated heterocycles. The second kappa shape index (κ2) is 15.4. The number of carbonyl (C=O) groups excluding carboxylic acids is 3. The van der Waals surface area contributed by atoms with Gasteiger partial charge in [0, 0.05) is 32.0 Å². The van der Waals surface area contributed by atoms with Gasteiger partial charge in [-0.15, -0.1) is 12.4 Å². The molecule has 40 heavy (non-hydrogen) atoms. The number of aliphatic hydroxyl groups excluding tert-OH is 1. The van der Waals surface area contributed by atoms with E-state index in [2.05, 4.69) is 29.8 Å². The molecule has 4 rings (SSSR count). The van der Waals surface area contributed by atoms with Gasteiger partial charge in [0.25, 0.3) is 0 Å². The van der Waals surface area contributed by atoms with Gasteiger partial charge in [-0.3, -0.25) is 14.4 Å². The third kappa shape index (κ3) is 8.66. The van der Waals surface area contributed by atoms with Crippen molar-refractivity contribution in [2.24, 2.45) is 11.8 Å². The number of nitrogens with one attached hydrogen (secondary N) is 3. The number of hydrogen-bond donors (Lipinski definition) is 4. The van der Waals surface area contributed by atoms with Crippen molar-refractivity contribution in [1.82, 2.24) is 20.9 Å². The van der Waals surface area contributed by atoms with Gasteiger partial charge in [-0.2, -0.15) is 0 Å². The minimum absolute atomic E-state index is 0. The Morgan fingerprint density at radius 2 is 1.68 bits per heavy atom. The summed E-state index contributed by atoms with van der Waals surface area (Å²) in [5, 5.41) is 21.5. The second-order valence-electron chi connectivity index (χ2n) is 11.6. The van der Waals surface area contributed by atoms with Crippen molar-refractivity contribution in [1.29, 1.82) is 0 Å². The molecule has 3 amide bonds. The molecule has 2 fully saturated rings. The number of nitrogens with zero attached hydrogens (tertiary/aromatic N) is 1. The lowest BCUT2D eigenvalue weighted by Crippen LogP contribution is -2.55. The zero-order valence-corrected chi connectivity index (χ0v) is 24.6. The normalized spacial score (nSPS) is 18.9. The average Bonchev–Trinajstić information content (AvgIpc) is 3.64. The van der Waals surface area contributed by atoms with Crippen LogP contribution in [-0.4, -0.2) is 72.1 Å². The highest BCUT2D eigenvalue weighted by Crippen LogP contribution is 2.30. The number of fused-ring (bicyclic) bond motifs is 1. The highest BCUT2D eigenvalue weighted by atomic mass is 35.5. The number of amides is 3. The van der Waals surface area contributed by atoms with Crippen LogP contribution in [0.2, 0.25) is 0 Å². The fraction of sp³-hybridized carbons (Fsp3) is 0.581. The average molecular weight is 573 g/mol. The molecule has 3 atom stereocenters. The van der Waals surface area contributed by atoms with E-state index in [4.69, 9.17) is 0 Å². The Kier molecular flexibility index (Phi) is 12.2. The fourth-order valence-electron chi connectivity index (χ4n) is 5.74. The van der Waals surface area contributed by atoms with Crippen molar-refractivity contribution < 1.29 is 19.5 Å². The molecule has 8 nitrogen and oxygen atoms in total. The van der Waals surface area contributed by atoms with Crippen LogP contribution < -0.4 is 16.0 Å². The minimum Gasteiger partial charge on any atom is -0.390 e. The standard InChI is InChI=1S/C31H44N4O4.ClH/c1-21(2)18-32-19-26(36)20-33-29(37)27(17-22-13-14-23-8-3-6-11-25(23)16-22)34-30(38)28-12-7-15-35(28)31(39)24-9-4-5-10-24;/h3,6,8,11,13-14,16,21,24,26-28,32,36H,4-5,7,9-10,12,15,17-20H2,1-2H3,(H,33,37)(H,34,38);1H/t26?,27-,28?;/m1./s1. The molecule has 1 saturated carbocycles. The van der Waals surface area contributed by atoms with E-state index in [0.29, 0.717) is 31.8 Å². The summed E-state index contributed by atoms with van der Waals surface area (Å²) in [5.74, 6) is -0.0624. The quantitative estimate of drug-likeness (QED) is 0.312. The topological polar surface area (TPSA) is 111 Å². The third-order valence-corrected chi connectivity index (χ3v) is 7.87. The monoisotopic (exact) mass is 572 g/mol. The highest BCUT2D eigenvalue weighted by Gasteiger charge is 2.39. The van der Waals surface area contributed by atoms with E-state index in [1.165, 1.54) is 0 Å². The largest absolute Gasteiger partial charge is 0.390 e. The molecule has 2 aromatic carbocycles. The van der Waals surface area contributed by atoms with Crippen LogP contribution in [0.3, 0.4) is 0 Å². The molecule has 2 aromatic rings. The number of aliphatic hydroxyl groups is 1. The maximum absolute atomic E-state index is 13.5. The molecule has 0 spiro atoms. The van der Waals surface area contributed by atoms with Gasteiger partial charge in [-0.05, 0) is 54.5 Å². The Morgan fingerprint density at radius 1 is 0.950 bits per heavy atom. The number of benzene rings is 2. The summed E-state index contributed by atoms with van der Waals surface area (Å²) >= 11 is 0. The summed E-state index contributed by atoms with van der Waals surface area (Å²) in [6, 6.07) is 12.7. The van der Waals surface area contributed by atoms with Crippen molar-refractivity contribution in [3.05, 3.63) is 48.0 Å². The maximum atomic E-state index is 13.5. The van der Waals surface area contributed by atoms with Gasteiger partial charge >= 0.3 is 0 Å². The lowest BCUT2D eigenvalue weighted by Gasteiger charge is -2.28. The SMILES string of the molecule is CC(C)CNCC(O)CNC(=O)[C@@H](Cc1ccc2ccccc2c1)NC(=O)C1CCCN1C(=O)C1CCCC1.Cl. The summed E-state index contributed by atoms with van der Waals surface area (Å²) in [6.45, 7) is 6.01. The Morgan fingerprint density at radius 3 is 2.40 bits per heavy atom. The molecule has 9 heteroatoms. The van der Waals surface area contributed by atoms with E-state index in [-0.39, 0.29) is 42.6 Å². The summed E-state index contributed by atoms with van der Waals surface area (Å²) in [5.41, 5.74) is 0.929. The molecule has 220 valence electrons. The van der Waals surface area contributed by atoms with Gasteiger partial charge in [0.05, 0.1) is 6.10 Å².